The summed E-state index contributed by atoms with van der Waals surface area (Å²) < 4.78 is 6.37. The number of carbonyl (C=O) groups is 1. The number of hydrazone groups is 1. The Hall–Kier alpha value is -3.48. The monoisotopic (exact) mass is 350 g/mol. The molecule has 0 saturated carbocycles. The second-order valence-corrected chi connectivity index (χ2v) is 5.66. The molecule has 0 aliphatic heterocycles. The highest BCUT2D eigenvalue weighted by Crippen LogP contribution is 2.10. The molecule has 3 aromatic rings. The molecular formula is C19H18N4O3. The van der Waals surface area contributed by atoms with Crippen molar-refractivity contribution >= 4 is 23.0 Å². The van der Waals surface area contributed by atoms with Gasteiger partial charge in [0.25, 0.3) is 11.5 Å². The normalized spacial score (nSPS) is 12.2. The molecule has 1 aromatic heterocycles. The van der Waals surface area contributed by atoms with Crippen molar-refractivity contribution in [1.82, 2.24) is 15.0 Å². The van der Waals surface area contributed by atoms with Crippen LogP contribution in [0.15, 0.2) is 64.8 Å². The molecule has 0 aliphatic rings. The van der Waals surface area contributed by atoms with Gasteiger partial charge in [0.05, 0.1) is 30.6 Å². The number of hydrogen-bond donors (Lipinski definition) is 1. The van der Waals surface area contributed by atoms with E-state index in [1.807, 2.05) is 18.2 Å². The molecule has 1 N–H and O–H groups in total. The van der Waals surface area contributed by atoms with Gasteiger partial charge in [-0.1, -0.05) is 12.1 Å². The lowest BCUT2D eigenvalue weighted by molar-refractivity contribution is -0.123. The lowest BCUT2D eigenvalue weighted by atomic mass is 10.2. The van der Waals surface area contributed by atoms with E-state index in [-0.39, 0.29) is 5.56 Å². The number of fused-ring (bicyclic) bond motifs is 1. The Labute approximate surface area is 149 Å². The molecule has 3 rings (SSSR count). The standard InChI is InChI=1S/C19H18N4O3/c1-13(23-12-20-17-6-4-3-5-16(17)19(23)25)18(24)22-21-11-14-7-9-15(26-2)10-8-14/h3-13H,1-2H3,(H,22,24)/b21-11+/t13-/m0/s1. The maximum atomic E-state index is 12.5. The van der Waals surface area contributed by atoms with E-state index >= 15 is 0 Å². The average Bonchev–Trinajstić information content (AvgIpc) is 2.68. The van der Waals surface area contributed by atoms with Gasteiger partial charge in [0, 0.05) is 0 Å². The number of ether oxygens (including phenoxy) is 1. The molecule has 0 bridgehead atoms. The molecule has 1 heterocycles. The van der Waals surface area contributed by atoms with Gasteiger partial charge in [0.2, 0.25) is 0 Å². The number of methoxy groups -OCH3 is 1. The second kappa shape index (κ2) is 7.60. The molecule has 7 heteroatoms. The summed E-state index contributed by atoms with van der Waals surface area (Å²) >= 11 is 0. The van der Waals surface area contributed by atoms with Crippen LogP contribution in [-0.2, 0) is 4.79 Å². The van der Waals surface area contributed by atoms with Crippen LogP contribution in [0, 0.1) is 0 Å². The first-order chi connectivity index (χ1) is 12.6. The van der Waals surface area contributed by atoms with Crippen molar-refractivity contribution in [1.29, 1.82) is 0 Å². The number of amides is 1. The molecule has 0 unspecified atom stereocenters. The van der Waals surface area contributed by atoms with Gasteiger partial charge in [-0.15, -0.1) is 0 Å². The minimum absolute atomic E-state index is 0.266. The van der Waals surface area contributed by atoms with Crippen LogP contribution in [-0.4, -0.2) is 28.8 Å². The highest BCUT2D eigenvalue weighted by molar-refractivity contribution is 5.84. The summed E-state index contributed by atoms with van der Waals surface area (Å²) in [7, 11) is 1.59. The van der Waals surface area contributed by atoms with Crippen molar-refractivity contribution in [3.8, 4) is 5.75 Å². The lowest BCUT2D eigenvalue weighted by Crippen LogP contribution is -2.33. The van der Waals surface area contributed by atoms with E-state index in [0.717, 1.165) is 11.3 Å². The van der Waals surface area contributed by atoms with E-state index < -0.39 is 11.9 Å². The van der Waals surface area contributed by atoms with Crippen LogP contribution in [0.3, 0.4) is 0 Å². The number of para-hydroxylation sites is 1. The third-order valence-corrected chi connectivity index (χ3v) is 3.99. The minimum Gasteiger partial charge on any atom is -0.497 e. The van der Waals surface area contributed by atoms with E-state index in [0.29, 0.717) is 10.9 Å². The molecule has 26 heavy (non-hydrogen) atoms. The van der Waals surface area contributed by atoms with E-state index in [4.69, 9.17) is 4.74 Å². The summed E-state index contributed by atoms with van der Waals surface area (Å²) in [6.45, 7) is 1.62. The van der Waals surface area contributed by atoms with Crippen LogP contribution in [0.4, 0.5) is 0 Å². The summed E-state index contributed by atoms with van der Waals surface area (Å²) in [5.41, 5.74) is 3.58. The third-order valence-electron chi connectivity index (χ3n) is 3.99. The van der Waals surface area contributed by atoms with E-state index in [2.05, 4.69) is 15.5 Å². The van der Waals surface area contributed by atoms with Crippen LogP contribution in [0.5, 0.6) is 5.75 Å². The van der Waals surface area contributed by atoms with Crippen LogP contribution in [0.2, 0.25) is 0 Å². The zero-order valence-corrected chi connectivity index (χ0v) is 14.4. The van der Waals surface area contributed by atoms with Crippen molar-refractivity contribution in [2.45, 2.75) is 13.0 Å². The molecule has 0 aliphatic carbocycles. The maximum absolute atomic E-state index is 12.5. The van der Waals surface area contributed by atoms with Crippen molar-refractivity contribution in [2.75, 3.05) is 7.11 Å². The molecule has 1 amide bonds. The Morgan fingerprint density at radius 1 is 1.23 bits per heavy atom. The SMILES string of the molecule is COc1ccc(/C=N/NC(=O)[C@H](C)n2cnc3ccccc3c2=O)cc1. The van der Waals surface area contributed by atoms with Gasteiger partial charge in [0.1, 0.15) is 11.8 Å². The third kappa shape index (κ3) is 3.61. The summed E-state index contributed by atoms with van der Waals surface area (Å²) in [6, 6.07) is 13.5. The number of nitrogens with zero attached hydrogens (tertiary/aromatic N) is 3. The summed E-state index contributed by atoms with van der Waals surface area (Å²) in [5.74, 6) is 0.330. The summed E-state index contributed by atoms with van der Waals surface area (Å²) in [4.78, 5) is 29.0. The number of carbonyl (C=O) groups excluding carboxylic acids is 1. The van der Waals surface area contributed by atoms with E-state index in [9.17, 15) is 9.59 Å². The Bertz CT molecular complexity index is 1010. The molecule has 0 radical (unpaired) electrons. The van der Waals surface area contributed by atoms with Crippen LogP contribution >= 0.6 is 0 Å². The lowest BCUT2D eigenvalue weighted by Gasteiger charge is -2.13. The predicted molar refractivity (Wildman–Crippen MR) is 99.4 cm³/mol. The average molecular weight is 350 g/mol. The Kier molecular flexibility index (Phi) is 5.07. The Morgan fingerprint density at radius 2 is 1.96 bits per heavy atom. The second-order valence-electron chi connectivity index (χ2n) is 5.66. The predicted octanol–water partition coefficient (Wildman–Crippen LogP) is 2.12. The first-order valence-electron chi connectivity index (χ1n) is 8.03. The zero-order chi connectivity index (χ0) is 18.5. The van der Waals surface area contributed by atoms with Gasteiger partial charge in [-0.2, -0.15) is 5.10 Å². The van der Waals surface area contributed by atoms with Gasteiger partial charge in [0.15, 0.2) is 0 Å². The topological polar surface area (TPSA) is 85.6 Å². The Morgan fingerprint density at radius 3 is 2.69 bits per heavy atom. The largest absolute Gasteiger partial charge is 0.497 e. The number of benzene rings is 2. The van der Waals surface area contributed by atoms with Crippen molar-refractivity contribution in [3.63, 3.8) is 0 Å². The summed E-state index contributed by atoms with van der Waals surface area (Å²) in [6.07, 6.45) is 2.90. The van der Waals surface area contributed by atoms with Gasteiger partial charge >= 0.3 is 0 Å². The van der Waals surface area contributed by atoms with E-state index in [1.165, 1.54) is 17.1 Å². The smallest absolute Gasteiger partial charge is 0.262 e. The summed E-state index contributed by atoms with van der Waals surface area (Å²) in [5, 5.41) is 4.40. The molecular weight excluding hydrogens is 332 g/mol. The fourth-order valence-electron chi connectivity index (χ4n) is 2.44. The van der Waals surface area contributed by atoms with Crippen molar-refractivity contribution < 1.29 is 9.53 Å². The molecule has 7 nitrogen and oxygen atoms in total. The number of aromatic nitrogens is 2. The zero-order valence-electron chi connectivity index (χ0n) is 14.4. The van der Waals surface area contributed by atoms with Gasteiger partial charge in [-0.25, -0.2) is 10.4 Å². The van der Waals surface area contributed by atoms with Gasteiger partial charge < -0.3 is 4.74 Å². The van der Waals surface area contributed by atoms with E-state index in [1.54, 1.807) is 44.4 Å². The molecule has 2 aromatic carbocycles. The highest BCUT2D eigenvalue weighted by atomic mass is 16.5. The minimum atomic E-state index is -0.743. The van der Waals surface area contributed by atoms with Crippen LogP contribution in [0.25, 0.3) is 10.9 Å². The number of rotatable bonds is 5. The van der Waals surface area contributed by atoms with Crippen LogP contribution in [0.1, 0.15) is 18.5 Å². The maximum Gasteiger partial charge on any atom is 0.262 e. The molecule has 1 atom stereocenters. The van der Waals surface area contributed by atoms with Crippen molar-refractivity contribution in [3.05, 3.63) is 70.8 Å². The molecule has 0 spiro atoms. The van der Waals surface area contributed by atoms with Gasteiger partial charge in [-0.05, 0) is 48.9 Å². The Balaban J connectivity index is 1.72. The first kappa shape index (κ1) is 17.3. The molecule has 132 valence electrons. The fraction of sp³-hybridized carbons (Fsp3) is 0.158. The quantitative estimate of drug-likeness (QED) is 0.564. The van der Waals surface area contributed by atoms with Gasteiger partial charge in [-0.3, -0.25) is 14.2 Å². The molecule has 0 fully saturated rings. The van der Waals surface area contributed by atoms with Crippen molar-refractivity contribution in [2.24, 2.45) is 5.10 Å². The molecule has 0 saturated heterocycles. The number of nitrogens with one attached hydrogen (secondary N) is 1. The van der Waals surface area contributed by atoms with Crippen LogP contribution < -0.4 is 15.7 Å². The fourth-order valence-corrected chi connectivity index (χ4v) is 2.44. The highest BCUT2D eigenvalue weighted by Gasteiger charge is 2.17. The number of hydrogen-bond acceptors (Lipinski definition) is 5. The first-order valence-corrected chi connectivity index (χ1v) is 8.03.